The van der Waals surface area contributed by atoms with E-state index in [4.69, 9.17) is 0 Å². The van der Waals surface area contributed by atoms with Crippen LogP contribution in [-0.2, 0) is 29.0 Å². The highest BCUT2D eigenvalue weighted by Crippen LogP contribution is 2.27. The Kier molecular flexibility index (Phi) is 23.5. The molecule has 0 aliphatic rings. The summed E-state index contributed by atoms with van der Waals surface area (Å²) in [5.74, 6) is 0.724. The highest BCUT2D eigenvalue weighted by Gasteiger charge is 2.18. The van der Waals surface area contributed by atoms with Crippen LogP contribution in [0.1, 0.15) is 197 Å². The summed E-state index contributed by atoms with van der Waals surface area (Å²) in [7, 11) is 0. The molecular weight excluding hydrogens is 552 g/mol. The molecule has 0 saturated heterocycles. The van der Waals surface area contributed by atoms with Gasteiger partial charge in [0.25, 0.3) is 0 Å². The molecule has 0 aromatic heterocycles. The number of rotatable bonds is 26. The molecule has 2 atom stereocenters. The van der Waals surface area contributed by atoms with Crippen molar-refractivity contribution in [3.63, 3.8) is 0 Å². The summed E-state index contributed by atoms with van der Waals surface area (Å²) in [6.45, 7) is 17.7. The third-order valence-electron chi connectivity index (χ3n) is 7.97. The number of unbranched alkanes of at least 4 members (excludes halogenated alkanes) is 12. The highest BCUT2D eigenvalue weighted by atomic mass is 17.2. The molecule has 0 saturated carbocycles. The molecule has 0 aliphatic heterocycles. The van der Waals surface area contributed by atoms with Crippen LogP contribution in [0.25, 0.3) is 0 Å². The quantitative estimate of drug-likeness (QED) is 0.0542. The molecule has 0 aliphatic carbocycles. The minimum atomic E-state index is -0.486. The molecule has 6 nitrogen and oxygen atoms in total. The molecule has 0 amide bonds. The van der Waals surface area contributed by atoms with Gasteiger partial charge < -0.3 is 0 Å². The van der Waals surface area contributed by atoms with E-state index in [2.05, 4.69) is 65.2 Å². The standard InChI is InChI=1S/C38H70O6/c1-31(29-37(3,4)5)27-33(39)23-19-15-11-9-13-17-21-25-35(41)43-44-36(42)26-22-18-14-10-12-16-20-24-34(40)28-32(2)30-38(6,7)8/h31-32H,9-30H2,1-8H3. The van der Waals surface area contributed by atoms with Crippen LogP contribution in [0.3, 0.4) is 0 Å². The average molecular weight is 623 g/mol. The smallest absolute Gasteiger partial charge is 0.300 e. The first kappa shape index (κ1) is 42.3. The van der Waals surface area contributed by atoms with E-state index < -0.39 is 11.9 Å². The Morgan fingerprint density at radius 2 is 0.682 bits per heavy atom. The number of Topliss-reactive ketones (excluding diaryl/α,β-unsaturated/α-hetero) is 2. The monoisotopic (exact) mass is 623 g/mol. The van der Waals surface area contributed by atoms with E-state index in [1.54, 1.807) is 0 Å². The second kappa shape index (κ2) is 24.5. The lowest BCUT2D eigenvalue weighted by Crippen LogP contribution is -2.14. The van der Waals surface area contributed by atoms with Gasteiger partial charge in [-0.1, -0.05) is 120 Å². The second-order valence-electron chi connectivity index (χ2n) is 16.1. The van der Waals surface area contributed by atoms with E-state index >= 15 is 0 Å². The summed E-state index contributed by atoms with van der Waals surface area (Å²) < 4.78 is 0. The summed E-state index contributed by atoms with van der Waals surface area (Å²) in [5.41, 5.74) is 0.551. The van der Waals surface area contributed by atoms with Crippen LogP contribution in [0.15, 0.2) is 0 Å². The van der Waals surface area contributed by atoms with Crippen LogP contribution in [0.2, 0.25) is 0 Å². The van der Waals surface area contributed by atoms with Crippen molar-refractivity contribution in [1.29, 1.82) is 0 Å². The number of hydrogen-bond donors (Lipinski definition) is 0. The molecule has 0 N–H and O–H groups in total. The van der Waals surface area contributed by atoms with Gasteiger partial charge in [0, 0.05) is 25.7 Å². The molecule has 0 rings (SSSR count). The van der Waals surface area contributed by atoms with Crippen molar-refractivity contribution in [2.24, 2.45) is 22.7 Å². The summed E-state index contributed by atoms with van der Waals surface area (Å²) in [5, 5.41) is 0. The van der Waals surface area contributed by atoms with Crippen LogP contribution in [-0.4, -0.2) is 23.5 Å². The number of carbonyl (C=O) groups is 4. The fourth-order valence-electron chi connectivity index (χ4n) is 6.34. The SMILES string of the molecule is CC(CC(=O)CCCCCCCCCC(=O)OOC(=O)CCCCCCCCCC(=O)CC(C)CC(C)(C)C)CC(C)(C)C. The molecular formula is C38H70O6. The second-order valence-corrected chi connectivity index (χ2v) is 16.1. The molecule has 0 aromatic rings. The van der Waals surface area contributed by atoms with Crippen molar-refractivity contribution in [2.45, 2.75) is 197 Å². The summed E-state index contributed by atoms with van der Waals surface area (Å²) in [4.78, 5) is 57.4. The largest absolute Gasteiger partial charge is 0.355 e. The number of carbonyl (C=O) groups excluding carboxylic acids is 4. The Labute approximate surface area is 271 Å². The lowest BCUT2D eigenvalue weighted by atomic mass is 9.83. The first-order valence-corrected chi connectivity index (χ1v) is 18.0. The predicted octanol–water partition coefficient (Wildman–Crippen LogP) is 11.1. The van der Waals surface area contributed by atoms with Gasteiger partial charge in [-0.25, -0.2) is 19.4 Å². The normalized spacial score (nSPS) is 13.4. The van der Waals surface area contributed by atoms with Gasteiger partial charge in [0.05, 0.1) is 12.8 Å². The van der Waals surface area contributed by atoms with Crippen molar-refractivity contribution >= 4 is 23.5 Å². The van der Waals surface area contributed by atoms with Gasteiger partial charge in [-0.2, -0.15) is 0 Å². The zero-order chi connectivity index (χ0) is 33.4. The van der Waals surface area contributed by atoms with Crippen molar-refractivity contribution in [3.05, 3.63) is 0 Å². The Morgan fingerprint density at radius 3 is 0.955 bits per heavy atom. The van der Waals surface area contributed by atoms with E-state index in [0.29, 0.717) is 49.1 Å². The number of ketones is 2. The summed E-state index contributed by atoms with van der Waals surface area (Å²) in [6.07, 6.45) is 19.5. The fourth-order valence-corrected chi connectivity index (χ4v) is 6.34. The zero-order valence-electron chi connectivity index (χ0n) is 30.2. The first-order chi connectivity index (χ1) is 20.6. The van der Waals surface area contributed by atoms with Crippen molar-refractivity contribution in [1.82, 2.24) is 0 Å². The third-order valence-corrected chi connectivity index (χ3v) is 7.97. The Balaban J connectivity index is 3.55. The Hall–Kier alpha value is -1.72. The lowest BCUT2D eigenvalue weighted by molar-refractivity contribution is -0.259. The van der Waals surface area contributed by atoms with Crippen LogP contribution in [0.4, 0.5) is 0 Å². The molecule has 0 radical (unpaired) electrons. The predicted molar refractivity (Wildman–Crippen MR) is 181 cm³/mol. The van der Waals surface area contributed by atoms with Crippen LogP contribution in [0.5, 0.6) is 0 Å². The molecule has 44 heavy (non-hydrogen) atoms. The van der Waals surface area contributed by atoms with Crippen molar-refractivity contribution < 1.29 is 29.0 Å². The summed E-state index contributed by atoms with van der Waals surface area (Å²) >= 11 is 0. The third kappa shape index (κ3) is 30.3. The lowest BCUT2D eigenvalue weighted by Gasteiger charge is -2.22. The molecule has 0 fully saturated rings. The zero-order valence-corrected chi connectivity index (χ0v) is 30.2. The van der Waals surface area contributed by atoms with Crippen LogP contribution >= 0.6 is 0 Å². The van der Waals surface area contributed by atoms with E-state index in [9.17, 15) is 19.2 Å². The fraction of sp³-hybridized carbons (Fsp3) is 0.895. The molecule has 0 aromatic carbocycles. The van der Waals surface area contributed by atoms with E-state index in [0.717, 1.165) is 103 Å². The summed E-state index contributed by atoms with van der Waals surface area (Å²) in [6, 6.07) is 0. The minimum Gasteiger partial charge on any atom is -0.300 e. The first-order valence-electron chi connectivity index (χ1n) is 18.0. The van der Waals surface area contributed by atoms with Gasteiger partial charge in [0.1, 0.15) is 11.6 Å². The highest BCUT2D eigenvalue weighted by molar-refractivity contribution is 5.78. The van der Waals surface area contributed by atoms with Crippen LogP contribution < -0.4 is 0 Å². The topological polar surface area (TPSA) is 86.7 Å². The molecule has 0 bridgehead atoms. The van der Waals surface area contributed by atoms with E-state index in [1.165, 1.54) is 0 Å². The maximum Gasteiger partial charge on any atom is 0.355 e. The van der Waals surface area contributed by atoms with Gasteiger partial charge >= 0.3 is 11.9 Å². The average Bonchev–Trinajstić information content (AvgIpc) is 2.87. The molecule has 0 heterocycles. The maximum atomic E-state index is 12.2. The van der Waals surface area contributed by atoms with Gasteiger partial charge in [0.2, 0.25) is 0 Å². The van der Waals surface area contributed by atoms with Crippen molar-refractivity contribution in [3.8, 4) is 0 Å². The molecule has 2 unspecified atom stereocenters. The van der Waals surface area contributed by atoms with Gasteiger partial charge in [-0.05, 0) is 61.2 Å². The van der Waals surface area contributed by atoms with E-state index in [1.807, 2.05) is 0 Å². The van der Waals surface area contributed by atoms with Crippen LogP contribution in [0, 0.1) is 22.7 Å². The van der Waals surface area contributed by atoms with Gasteiger partial charge in [0.15, 0.2) is 0 Å². The van der Waals surface area contributed by atoms with E-state index in [-0.39, 0.29) is 23.7 Å². The van der Waals surface area contributed by atoms with Gasteiger partial charge in [-0.15, -0.1) is 0 Å². The number of hydrogen-bond acceptors (Lipinski definition) is 6. The van der Waals surface area contributed by atoms with Crippen molar-refractivity contribution in [2.75, 3.05) is 0 Å². The maximum absolute atomic E-state index is 12.2. The minimum absolute atomic E-state index is 0.260. The van der Waals surface area contributed by atoms with Gasteiger partial charge in [-0.3, -0.25) is 9.59 Å². The Morgan fingerprint density at radius 1 is 0.432 bits per heavy atom. The molecule has 6 heteroatoms. The molecule has 0 spiro atoms. The molecule has 258 valence electrons. The Bertz CT molecular complexity index is 722.